The van der Waals surface area contributed by atoms with Crippen molar-refractivity contribution in [2.45, 2.75) is 24.7 Å². The maximum atomic E-state index is 10.9. The highest BCUT2D eigenvalue weighted by molar-refractivity contribution is 6.31. The van der Waals surface area contributed by atoms with E-state index in [9.17, 15) is 15.2 Å². The standard InChI is InChI=1S/C11H12ClNO3/c12-8-3-1-4-9(13(15)16)10(8)11(7-14)5-2-6-11/h1,3-4,14H,2,5-7H2. The second-order valence-electron chi connectivity index (χ2n) is 4.18. The van der Waals surface area contributed by atoms with Crippen LogP contribution in [0, 0.1) is 10.1 Å². The summed E-state index contributed by atoms with van der Waals surface area (Å²) in [5.74, 6) is 0. The quantitative estimate of drug-likeness (QED) is 0.654. The highest BCUT2D eigenvalue weighted by Gasteiger charge is 2.43. The van der Waals surface area contributed by atoms with Gasteiger partial charge in [0, 0.05) is 11.5 Å². The minimum atomic E-state index is -0.499. The molecule has 1 aliphatic rings. The average Bonchev–Trinajstić information content (AvgIpc) is 2.19. The van der Waals surface area contributed by atoms with Gasteiger partial charge < -0.3 is 5.11 Å². The van der Waals surface area contributed by atoms with E-state index in [4.69, 9.17) is 11.6 Å². The number of halogens is 1. The molecule has 0 aliphatic heterocycles. The smallest absolute Gasteiger partial charge is 0.274 e. The van der Waals surface area contributed by atoms with E-state index in [1.165, 1.54) is 6.07 Å². The molecule has 2 rings (SSSR count). The number of nitro groups is 1. The number of hydrogen-bond acceptors (Lipinski definition) is 3. The van der Waals surface area contributed by atoms with Crippen molar-refractivity contribution < 1.29 is 10.0 Å². The third kappa shape index (κ3) is 1.58. The Kier molecular flexibility index (Phi) is 2.86. The Hall–Kier alpha value is -1.13. The van der Waals surface area contributed by atoms with Gasteiger partial charge in [-0.15, -0.1) is 0 Å². The van der Waals surface area contributed by atoms with Crippen molar-refractivity contribution in [2.24, 2.45) is 0 Å². The molecule has 1 fully saturated rings. The van der Waals surface area contributed by atoms with E-state index in [1.54, 1.807) is 12.1 Å². The lowest BCUT2D eigenvalue weighted by molar-refractivity contribution is -0.386. The molecule has 1 saturated carbocycles. The molecule has 1 aliphatic carbocycles. The zero-order chi connectivity index (χ0) is 11.8. The first-order chi connectivity index (χ1) is 7.60. The molecular weight excluding hydrogens is 230 g/mol. The van der Waals surface area contributed by atoms with Crippen LogP contribution in [0.1, 0.15) is 24.8 Å². The summed E-state index contributed by atoms with van der Waals surface area (Å²) in [5.41, 5.74) is 0.0115. The van der Waals surface area contributed by atoms with E-state index in [2.05, 4.69) is 0 Å². The highest BCUT2D eigenvalue weighted by atomic mass is 35.5. The first kappa shape index (κ1) is 11.4. The minimum absolute atomic E-state index is 0.0150. The van der Waals surface area contributed by atoms with Gasteiger partial charge in [0.05, 0.1) is 22.1 Å². The summed E-state index contributed by atoms with van der Waals surface area (Å²) in [6, 6.07) is 4.64. The molecular formula is C11H12ClNO3. The van der Waals surface area contributed by atoms with Crippen LogP contribution in [0.4, 0.5) is 5.69 Å². The zero-order valence-corrected chi connectivity index (χ0v) is 9.41. The predicted octanol–water partition coefficient (Wildman–Crippen LogP) is 2.66. The van der Waals surface area contributed by atoms with E-state index in [0.717, 1.165) is 19.3 Å². The molecule has 0 heterocycles. The Balaban J connectivity index is 2.57. The lowest BCUT2D eigenvalue weighted by atomic mass is 9.64. The van der Waals surface area contributed by atoms with Gasteiger partial charge in [0.25, 0.3) is 5.69 Å². The Morgan fingerprint density at radius 2 is 2.19 bits per heavy atom. The average molecular weight is 242 g/mol. The van der Waals surface area contributed by atoms with Crippen LogP contribution in [0.3, 0.4) is 0 Å². The number of nitro benzene ring substituents is 1. The van der Waals surface area contributed by atoms with Gasteiger partial charge in [-0.1, -0.05) is 24.1 Å². The van der Waals surface area contributed by atoms with Gasteiger partial charge >= 0.3 is 0 Å². The molecule has 0 unspecified atom stereocenters. The molecule has 0 radical (unpaired) electrons. The van der Waals surface area contributed by atoms with Gasteiger partial charge in [0.2, 0.25) is 0 Å². The van der Waals surface area contributed by atoms with Crippen molar-refractivity contribution in [1.82, 2.24) is 0 Å². The number of nitrogens with zero attached hydrogens (tertiary/aromatic N) is 1. The summed E-state index contributed by atoms with van der Waals surface area (Å²) < 4.78 is 0. The van der Waals surface area contributed by atoms with E-state index in [-0.39, 0.29) is 12.3 Å². The van der Waals surface area contributed by atoms with Crippen LogP contribution in [0.5, 0.6) is 0 Å². The maximum absolute atomic E-state index is 10.9. The number of hydrogen-bond donors (Lipinski definition) is 1. The van der Waals surface area contributed by atoms with Gasteiger partial charge in [-0.3, -0.25) is 10.1 Å². The molecule has 4 nitrogen and oxygen atoms in total. The summed E-state index contributed by atoms with van der Waals surface area (Å²) in [7, 11) is 0. The fourth-order valence-corrected chi connectivity index (χ4v) is 2.65. The zero-order valence-electron chi connectivity index (χ0n) is 8.65. The van der Waals surface area contributed by atoms with E-state index in [1.807, 2.05) is 0 Å². The van der Waals surface area contributed by atoms with Crippen LogP contribution < -0.4 is 0 Å². The van der Waals surface area contributed by atoms with E-state index < -0.39 is 10.3 Å². The lowest BCUT2D eigenvalue weighted by Gasteiger charge is -2.40. The molecule has 0 amide bonds. The Morgan fingerprint density at radius 1 is 1.50 bits per heavy atom. The third-order valence-electron chi connectivity index (χ3n) is 3.33. The summed E-state index contributed by atoms with van der Waals surface area (Å²) in [5, 5.41) is 20.8. The van der Waals surface area contributed by atoms with Crippen LogP contribution in [-0.2, 0) is 5.41 Å². The number of aliphatic hydroxyl groups is 1. The number of aliphatic hydroxyl groups excluding tert-OH is 1. The van der Waals surface area contributed by atoms with Crippen molar-refractivity contribution in [3.8, 4) is 0 Å². The summed E-state index contributed by atoms with van der Waals surface area (Å²) in [6.45, 7) is -0.0857. The first-order valence-corrected chi connectivity index (χ1v) is 5.53. The van der Waals surface area contributed by atoms with Crippen molar-refractivity contribution in [1.29, 1.82) is 0 Å². The van der Waals surface area contributed by atoms with Crippen LogP contribution in [-0.4, -0.2) is 16.6 Å². The molecule has 0 aromatic heterocycles. The predicted molar refractivity (Wildman–Crippen MR) is 60.7 cm³/mol. The van der Waals surface area contributed by atoms with E-state index in [0.29, 0.717) is 10.6 Å². The largest absolute Gasteiger partial charge is 0.395 e. The summed E-state index contributed by atoms with van der Waals surface area (Å²) in [4.78, 5) is 10.5. The SMILES string of the molecule is O=[N+]([O-])c1cccc(Cl)c1C1(CO)CCC1. The molecule has 0 atom stereocenters. The molecule has 1 N–H and O–H groups in total. The van der Waals surface area contributed by atoms with Crippen LogP contribution in [0.25, 0.3) is 0 Å². The molecule has 0 saturated heterocycles. The third-order valence-corrected chi connectivity index (χ3v) is 3.65. The van der Waals surface area contributed by atoms with Crippen molar-refractivity contribution in [2.75, 3.05) is 6.61 Å². The molecule has 16 heavy (non-hydrogen) atoms. The fraction of sp³-hybridized carbons (Fsp3) is 0.455. The van der Waals surface area contributed by atoms with Crippen LogP contribution in [0.2, 0.25) is 5.02 Å². The second-order valence-corrected chi connectivity index (χ2v) is 4.59. The molecule has 0 bridgehead atoms. The van der Waals surface area contributed by atoms with Crippen LogP contribution in [0.15, 0.2) is 18.2 Å². The monoisotopic (exact) mass is 241 g/mol. The summed E-state index contributed by atoms with van der Waals surface area (Å²) >= 11 is 6.03. The summed E-state index contributed by atoms with van der Waals surface area (Å²) in [6.07, 6.45) is 2.49. The van der Waals surface area contributed by atoms with Gasteiger partial charge in [0.15, 0.2) is 0 Å². The molecule has 0 spiro atoms. The molecule has 1 aromatic carbocycles. The normalized spacial score (nSPS) is 17.9. The maximum Gasteiger partial charge on any atom is 0.274 e. The minimum Gasteiger partial charge on any atom is -0.395 e. The highest BCUT2D eigenvalue weighted by Crippen LogP contribution is 2.49. The van der Waals surface area contributed by atoms with Gasteiger partial charge in [-0.25, -0.2) is 0 Å². The topological polar surface area (TPSA) is 63.4 Å². The van der Waals surface area contributed by atoms with Gasteiger partial charge in [-0.05, 0) is 18.9 Å². The first-order valence-electron chi connectivity index (χ1n) is 5.15. The van der Waals surface area contributed by atoms with Crippen molar-refractivity contribution in [3.63, 3.8) is 0 Å². The van der Waals surface area contributed by atoms with E-state index >= 15 is 0 Å². The molecule has 86 valence electrons. The fourth-order valence-electron chi connectivity index (χ4n) is 2.28. The molecule has 5 heteroatoms. The van der Waals surface area contributed by atoms with Gasteiger partial charge in [0.1, 0.15) is 0 Å². The number of benzene rings is 1. The van der Waals surface area contributed by atoms with Crippen molar-refractivity contribution >= 4 is 17.3 Å². The van der Waals surface area contributed by atoms with Crippen LogP contribution >= 0.6 is 11.6 Å². The molecule has 1 aromatic rings. The Bertz CT molecular complexity index is 424. The Morgan fingerprint density at radius 3 is 2.62 bits per heavy atom. The lowest BCUT2D eigenvalue weighted by Crippen LogP contribution is -2.38. The number of rotatable bonds is 3. The van der Waals surface area contributed by atoms with Crippen molar-refractivity contribution in [3.05, 3.63) is 38.9 Å². The second kappa shape index (κ2) is 4.03. The van der Waals surface area contributed by atoms with Gasteiger partial charge in [-0.2, -0.15) is 0 Å². The Labute approximate surface area is 98.0 Å².